The first kappa shape index (κ1) is 25.2. The molecular formula is C33H32N2O3+2. The summed E-state index contributed by atoms with van der Waals surface area (Å²) in [7, 11) is 0. The van der Waals surface area contributed by atoms with Gasteiger partial charge in [-0.05, 0) is 49.3 Å². The summed E-state index contributed by atoms with van der Waals surface area (Å²) < 4.78 is 0.866. The van der Waals surface area contributed by atoms with Crippen LogP contribution in [-0.4, -0.2) is 21.3 Å². The van der Waals surface area contributed by atoms with Crippen LogP contribution in [0.4, 0.5) is 0 Å². The zero-order chi connectivity index (χ0) is 26.5. The predicted molar refractivity (Wildman–Crippen MR) is 150 cm³/mol. The fourth-order valence-electron chi connectivity index (χ4n) is 5.01. The van der Waals surface area contributed by atoms with Crippen molar-refractivity contribution >= 4 is 16.9 Å². The minimum atomic E-state index is -0.808. The zero-order valence-corrected chi connectivity index (χ0v) is 21.3. The van der Waals surface area contributed by atoms with E-state index in [0.29, 0.717) is 22.5 Å². The number of rotatable bonds is 9. The van der Waals surface area contributed by atoms with Crippen molar-refractivity contribution in [2.45, 2.75) is 38.0 Å². The maximum atomic E-state index is 11.9. The Labute approximate surface area is 222 Å². The molecule has 3 N–H and O–H groups in total. The van der Waals surface area contributed by atoms with Gasteiger partial charge in [0.05, 0.1) is 16.6 Å². The van der Waals surface area contributed by atoms with Gasteiger partial charge < -0.3 is 5.11 Å². The van der Waals surface area contributed by atoms with E-state index in [-0.39, 0.29) is 5.56 Å². The lowest BCUT2D eigenvalue weighted by molar-refractivity contribution is -0.904. The minimum Gasteiger partial charge on any atom is -0.561 e. The van der Waals surface area contributed by atoms with Gasteiger partial charge in [-0.15, -0.1) is 0 Å². The van der Waals surface area contributed by atoms with Crippen molar-refractivity contribution in [3.8, 4) is 11.3 Å². The fourth-order valence-corrected chi connectivity index (χ4v) is 5.01. The van der Waals surface area contributed by atoms with Crippen LogP contribution >= 0.6 is 0 Å². The number of benzene rings is 2. The molecule has 0 aliphatic heterocycles. The molecule has 0 saturated carbocycles. The number of carbonyl (C=O) groups excluding carboxylic acids is 1. The zero-order valence-electron chi connectivity index (χ0n) is 21.3. The summed E-state index contributed by atoms with van der Waals surface area (Å²) in [6.07, 6.45) is 14.9. The molecule has 190 valence electrons. The van der Waals surface area contributed by atoms with E-state index in [0.717, 1.165) is 42.4 Å². The first-order valence-corrected chi connectivity index (χ1v) is 13.0. The highest BCUT2D eigenvalue weighted by molar-refractivity contribution is 6.03. The second-order valence-corrected chi connectivity index (χ2v) is 9.88. The Morgan fingerprint density at radius 1 is 1.11 bits per heavy atom. The van der Waals surface area contributed by atoms with E-state index in [4.69, 9.17) is 5.11 Å². The van der Waals surface area contributed by atoms with E-state index >= 15 is 0 Å². The number of nitrogens with zero attached hydrogens (tertiary/aromatic N) is 2. The third-order valence-electron chi connectivity index (χ3n) is 7.08. The highest BCUT2D eigenvalue weighted by atomic mass is 16.5. The second-order valence-electron chi connectivity index (χ2n) is 9.88. The van der Waals surface area contributed by atoms with Crippen molar-refractivity contribution in [2.24, 2.45) is 0 Å². The van der Waals surface area contributed by atoms with Crippen LogP contribution in [0.3, 0.4) is 0 Å². The van der Waals surface area contributed by atoms with Crippen LogP contribution in [-0.2, 0) is 6.42 Å². The maximum absolute atomic E-state index is 11.9. The average molecular weight is 505 g/mol. The van der Waals surface area contributed by atoms with E-state index in [9.17, 15) is 10.0 Å². The Morgan fingerprint density at radius 2 is 1.89 bits per heavy atom. The Bertz CT molecular complexity index is 1540. The molecule has 1 unspecified atom stereocenters. The van der Waals surface area contributed by atoms with Crippen molar-refractivity contribution < 1.29 is 19.8 Å². The van der Waals surface area contributed by atoms with Crippen molar-refractivity contribution in [1.82, 2.24) is 4.98 Å². The lowest BCUT2D eigenvalue weighted by atomic mass is 9.88. The van der Waals surface area contributed by atoms with Gasteiger partial charge in [-0.3, -0.25) is 5.21 Å². The third kappa shape index (κ3) is 5.89. The van der Waals surface area contributed by atoms with Gasteiger partial charge in [0.2, 0.25) is 12.4 Å². The van der Waals surface area contributed by atoms with Crippen molar-refractivity contribution in [1.29, 1.82) is 0 Å². The molecule has 0 radical (unpaired) electrons. The Hall–Kier alpha value is -4.51. The summed E-state index contributed by atoms with van der Waals surface area (Å²) >= 11 is 0. The first-order valence-electron chi connectivity index (χ1n) is 13.0. The van der Waals surface area contributed by atoms with Gasteiger partial charge >= 0.3 is 5.97 Å². The molecule has 2 heterocycles. The number of allylic oxidation sites excluding steroid dienone is 5. The van der Waals surface area contributed by atoms with Gasteiger partial charge in [-0.25, -0.2) is 4.98 Å². The third-order valence-corrected chi connectivity index (χ3v) is 7.08. The topological polar surface area (TPSA) is 77.0 Å². The highest BCUT2D eigenvalue weighted by Gasteiger charge is 2.21. The summed E-state index contributed by atoms with van der Waals surface area (Å²) in [6, 6.07) is 22.0. The number of pyridine rings is 2. The number of fused-ring (bicyclic) bond motifs is 1. The van der Waals surface area contributed by atoms with Crippen LogP contribution < -0.4 is 4.73 Å². The van der Waals surface area contributed by atoms with Crippen molar-refractivity contribution in [2.75, 3.05) is 0 Å². The van der Waals surface area contributed by atoms with Crippen LogP contribution in [0.5, 0.6) is 0 Å². The molecule has 1 aliphatic rings. The Kier molecular flexibility index (Phi) is 7.45. The molecule has 0 fully saturated rings. The molecule has 1 atom stereocenters. The van der Waals surface area contributed by atoms with E-state index < -0.39 is 5.97 Å². The van der Waals surface area contributed by atoms with E-state index in [1.807, 2.05) is 18.2 Å². The molecule has 2 aromatic heterocycles. The Balaban J connectivity index is 1.19. The molecule has 2 aromatic carbocycles. The van der Waals surface area contributed by atoms with Gasteiger partial charge in [0.15, 0.2) is 0 Å². The molecule has 5 rings (SSSR count). The van der Waals surface area contributed by atoms with E-state index in [2.05, 4.69) is 66.2 Å². The summed E-state index contributed by atoms with van der Waals surface area (Å²) in [5.41, 5.74) is 7.52. The number of carbonyl (C=O) groups is 1. The molecule has 4 aromatic rings. The summed E-state index contributed by atoms with van der Waals surface area (Å²) in [4.78, 5) is 16.6. The van der Waals surface area contributed by atoms with Gasteiger partial charge in [0, 0.05) is 27.1 Å². The lowest BCUT2D eigenvalue weighted by Crippen LogP contribution is -2.28. The molecule has 0 amide bonds. The predicted octanol–water partition coefficient (Wildman–Crippen LogP) is 6.23. The van der Waals surface area contributed by atoms with Crippen molar-refractivity contribution in [3.63, 3.8) is 0 Å². The fraction of sp³-hybridized carbons (Fsp3) is 0.182. The monoisotopic (exact) mass is 504 g/mol. The summed E-state index contributed by atoms with van der Waals surface area (Å²) in [6.45, 7) is 4.27. The normalized spacial score (nSPS) is 14.8. The Morgan fingerprint density at radius 3 is 2.61 bits per heavy atom. The van der Waals surface area contributed by atoms with Crippen LogP contribution in [0.2, 0.25) is 0 Å². The number of aromatic nitrogens is 2. The summed E-state index contributed by atoms with van der Waals surface area (Å²) in [5, 5.41) is 17.8. The standard InChI is InChI=1S/C33H30N2O3/c1-23(20-25-7-3-2-4-8-25)6-5-9-24-10-12-26(13-11-24)27-14-16-28(17-15-27)32-21-29(33(36)37)30-22-35(38)19-18-31(30)34-32/h2-4,7-8,10-12,14-19,21-22,26H,1,5-6,9,13,20H2,(H-,36,37,38)/p+2. The average Bonchev–Trinajstić information content (AvgIpc) is 2.93. The van der Waals surface area contributed by atoms with Crippen LogP contribution in [0.25, 0.3) is 22.2 Å². The van der Waals surface area contributed by atoms with Gasteiger partial charge in [0.25, 0.3) is 0 Å². The molecule has 0 spiro atoms. The second kappa shape index (κ2) is 11.3. The van der Waals surface area contributed by atoms with E-state index in [1.54, 1.807) is 12.1 Å². The molecule has 38 heavy (non-hydrogen) atoms. The lowest BCUT2D eigenvalue weighted by Gasteiger charge is -2.17. The maximum Gasteiger partial charge on any atom is 0.550 e. The molecule has 5 heteroatoms. The van der Waals surface area contributed by atoms with Gasteiger partial charge in [-0.2, -0.15) is 0 Å². The van der Waals surface area contributed by atoms with Crippen molar-refractivity contribution in [3.05, 3.63) is 132 Å². The summed E-state index contributed by atoms with van der Waals surface area (Å²) in [5.74, 6) is -0.479. The van der Waals surface area contributed by atoms with Crippen LogP contribution in [0.1, 0.15) is 53.1 Å². The molecule has 0 saturated heterocycles. The van der Waals surface area contributed by atoms with E-state index in [1.165, 1.54) is 34.7 Å². The minimum absolute atomic E-state index is 0.217. The molecular weight excluding hydrogens is 472 g/mol. The first-order chi connectivity index (χ1) is 18.5. The largest absolute Gasteiger partial charge is 0.561 e. The number of hydrogen-bond donors (Lipinski definition) is 1. The SMILES string of the molecule is C=C(CCCC1=CCC(c2ccc(-c3cc(C(=O)[OH2+])c4c[n+](O)ccc4n3)cc2)C=C1)Cc1ccccc1. The van der Waals surface area contributed by atoms with Crippen LogP contribution in [0, 0.1) is 0 Å². The highest BCUT2D eigenvalue weighted by Crippen LogP contribution is 2.31. The van der Waals surface area contributed by atoms with Gasteiger partial charge in [-0.1, -0.05) is 90.6 Å². The molecule has 5 nitrogen and oxygen atoms in total. The molecule has 0 bridgehead atoms. The molecule has 1 aliphatic carbocycles. The van der Waals surface area contributed by atoms with Crippen LogP contribution in [0.15, 0.2) is 115 Å². The quantitative estimate of drug-likeness (QED) is 0.127. The smallest absolute Gasteiger partial charge is 0.550 e. The van der Waals surface area contributed by atoms with Gasteiger partial charge in [0.1, 0.15) is 5.56 Å². The number of hydrogen-bond acceptors (Lipinski definition) is 3.